The quantitative estimate of drug-likeness (QED) is 0.654. The van der Waals surface area contributed by atoms with E-state index in [0.29, 0.717) is 18.4 Å². The van der Waals surface area contributed by atoms with E-state index in [1.807, 2.05) is 31.3 Å². The molecule has 0 bridgehead atoms. The van der Waals surface area contributed by atoms with Crippen LogP contribution in [0.15, 0.2) is 30.5 Å². The molecule has 0 amide bonds. The van der Waals surface area contributed by atoms with Crippen molar-refractivity contribution in [3.05, 3.63) is 41.3 Å². The predicted octanol–water partition coefficient (Wildman–Crippen LogP) is 4.34. The minimum atomic E-state index is 0.234. The summed E-state index contributed by atoms with van der Waals surface area (Å²) in [4.78, 5) is 10.6. The molecule has 0 aliphatic heterocycles. The van der Waals surface area contributed by atoms with Crippen molar-refractivity contribution in [2.24, 2.45) is 5.92 Å². The van der Waals surface area contributed by atoms with Crippen LogP contribution in [0, 0.1) is 5.92 Å². The van der Waals surface area contributed by atoms with Gasteiger partial charge in [0.25, 0.3) is 0 Å². The molecule has 1 atom stereocenters. The molecule has 3 rings (SSSR count). The molecule has 1 aliphatic carbocycles. The highest BCUT2D eigenvalue weighted by molar-refractivity contribution is 6.28. The standard InChI is InChI=1S/C19H24ClN3O2/c1-13(10-14-4-5-14)23(2)18-17(11-21-19(20)22-18)25-12-15-6-8-16(24-3)9-7-15/h6-9,11,13-14H,4-5,10,12H2,1-3H3/t13-/m1/s1. The van der Waals surface area contributed by atoms with E-state index in [-0.39, 0.29) is 5.28 Å². The van der Waals surface area contributed by atoms with Crippen molar-refractivity contribution in [2.75, 3.05) is 19.1 Å². The average molecular weight is 362 g/mol. The molecule has 134 valence electrons. The molecule has 1 saturated carbocycles. The lowest BCUT2D eigenvalue weighted by atomic mass is 10.1. The van der Waals surface area contributed by atoms with E-state index in [2.05, 4.69) is 21.8 Å². The van der Waals surface area contributed by atoms with Crippen LogP contribution in [-0.4, -0.2) is 30.2 Å². The SMILES string of the molecule is COc1ccc(COc2cnc(Cl)nc2N(C)[C@H](C)CC2CC2)cc1. The number of rotatable bonds is 8. The van der Waals surface area contributed by atoms with Gasteiger partial charge in [0.15, 0.2) is 11.6 Å². The van der Waals surface area contributed by atoms with Crippen LogP contribution in [0.25, 0.3) is 0 Å². The number of halogens is 1. The van der Waals surface area contributed by atoms with Gasteiger partial charge in [-0.25, -0.2) is 4.98 Å². The van der Waals surface area contributed by atoms with Crippen molar-refractivity contribution < 1.29 is 9.47 Å². The van der Waals surface area contributed by atoms with Gasteiger partial charge in [0.2, 0.25) is 5.28 Å². The van der Waals surface area contributed by atoms with Crippen LogP contribution in [0.3, 0.4) is 0 Å². The Kier molecular flexibility index (Phi) is 5.63. The van der Waals surface area contributed by atoms with Crippen LogP contribution >= 0.6 is 11.6 Å². The second-order valence-corrected chi connectivity index (χ2v) is 6.94. The third-order valence-corrected chi connectivity index (χ3v) is 4.81. The van der Waals surface area contributed by atoms with Gasteiger partial charge in [-0.2, -0.15) is 4.98 Å². The van der Waals surface area contributed by atoms with Crippen molar-refractivity contribution >= 4 is 17.4 Å². The molecular formula is C19H24ClN3O2. The minimum Gasteiger partial charge on any atom is -0.497 e. The van der Waals surface area contributed by atoms with Crippen LogP contribution in [0.2, 0.25) is 5.28 Å². The summed E-state index contributed by atoms with van der Waals surface area (Å²) < 4.78 is 11.2. The Morgan fingerprint density at radius 2 is 2.00 bits per heavy atom. The molecule has 1 aliphatic rings. The number of hydrogen-bond acceptors (Lipinski definition) is 5. The number of hydrogen-bond donors (Lipinski definition) is 0. The zero-order valence-electron chi connectivity index (χ0n) is 14.9. The summed E-state index contributed by atoms with van der Waals surface area (Å²) in [5.41, 5.74) is 1.05. The van der Waals surface area contributed by atoms with Crippen LogP contribution in [0.5, 0.6) is 11.5 Å². The molecule has 0 radical (unpaired) electrons. The molecule has 1 fully saturated rings. The van der Waals surface area contributed by atoms with E-state index in [0.717, 1.165) is 29.5 Å². The fourth-order valence-electron chi connectivity index (χ4n) is 2.78. The topological polar surface area (TPSA) is 47.5 Å². The summed E-state index contributed by atoms with van der Waals surface area (Å²) in [6.07, 6.45) is 5.48. The van der Waals surface area contributed by atoms with Crippen molar-refractivity contribution in [3.8, 4) is 11.5 Å². The second-order valence-electron chi connectivity index (χ2n) is 6.60. The Labute approximate surface area is 153 Å². The van der Waals surface area contributed by atoms with Crippen LogP contribution in [0.1, 0.15) is 31.7 Å². The third kappa shape index (κ3) is 4.75. The number of nitrogens with zero attached hydrogens (tertiary/aromatic N) is 3. The molecule has 0 unspecified atom stereocenters. The van der Waals surface area contributed by atoms with Gasteiger partial charge in [-0.05, 0) is 48.6 Å². The molecule has 1 heterocycles. The number of aromatic nitrogens is 2. The molecule has 0 N–H and O–H groups in total. The van der Waals surface area contributed by atoms with Gasteiger partial charge in [0.05, 0.1) is 13.3 Å². The maximum absolute atomic E-state index is 6.02. The first-order valence-corrected chi connectivity index (χ1v) is 8.95. The Balaban J connectivity index is 1.71. The summed E-state index contributed by atoms with van der Waals surface area (Å²) in [5, 5.41) is 0.234. The Morgan fingerprint density at radius 1 is 1.28 bits per heavy atom. The smallest absolute Gasteiger partial charge is 0.224 e. The molecule has 25 heavy (non-hydrogen) atoms. The summed E-state index contributed by atoms with van der Waals surface area (Å²) in [7, 11) is 3.69. The molecule has 5 nitrogen and oxygen atoms in total. The van der Waals surface area contributed by atoms with E-state index in [1.54, 1.807) is 13.3 Å². The molecule has 1 aromatic heterocycles. The maximum Gasteiger partial charge on any atom is 0.224 e. The highest BCUT2D eigenvalue weighted by Gasteiger charge is 2.27. The van der Waals surface area contributed by atoms with Crippen molar-refractivity contribution in [1.29, 1.82) is 0 Å². The number of ether oxygens (including phenoxy) is 2. The Morgan fingerprint density at radius 3 is 2.64 bits per heavy atom. The van der Waals surface area contributed by atoms with Gasteiger partial charge in [-0.15, -0.1) is 0 Å². The van der Waals surface area contributed by atoms with E-state index in [1.165, 1.54) is 12.8 Å². The Bertz CT molecular complexity index is 704. The van der Waals surface area contributed by atoms with Gasteiger partial charge < -0.3 is 14.4 Å². The fourth-order valence-corrected chi connectivity index (χ4v) is 2.91. The maximum atomic E-state index is 6.02. The predicted molar refractivity (Wildman–Crippen MR) is 99.6 cm³/mol. The lowest BCUT2D eigenvalue weighted by molar-refractivity contribution is 0.303. The van der Waals surface area contributed by atoms with Crippen molar-refractivity contribution in [1.82, 2.24) is 9.97 Å². The molecule has 2 aromatic rings. The molecular weight excluding hydrogens is 338 g/mol. The highest BCUT2D eigenvalue weighted by atomic mass is 35.5. The van der Waals surface area contributed by atoms with Gasteiger partial charge in [0.1, 0.15) is 12.4 Å². The van der Waals surface area contributed by atoms with Crippen LogP contribution < -0.4 is 14.4 Å². The van der Waals surface area contributed by atoms with Crippen molar-refractivity contribution in [2.45, 2.75) is 38.8 Å². The third-order valence-electron chi connectivity index (χ3n) is 4.63. The first-order chi connectivity index (χ1) is 12.1. The zero-order chi connectivity index (χ0) is 17.8. The summed E-state index contributed by atoms with van der Waals surface area (Å²) in [6, 6.07) is 8.18. The first kappa shape index (κ1) is 17.8. The van der Waals surface area contributed by atoms with Crippen LogP contribution in [0.4, 0.5) is 5.82 Å². The fraction of sp³-hybridized carbons (Fsp3) is 0.474. The molecule has 0 spiro atoms. The van der Waals surface area contributed by atoms with Crippen molar-refractivity contribution in [3.63, 3.8) is 0 Å². The van der Waals surface area contributed by atoms with E-state index < -0.39 is 0 Å². The first-order valence-electron chi connectivity index (χ1n) is 8.58. The minimum absolute atomic E-state index is 0.234. The highest BCUT2D eigenvalue weighted by Crippen LogP contribution is 2.36. The average Bonchev–Trinajstić information content (AvgIpc) is 3.44. The zero-order valence-corrected chi connectivity index (χ0v) is 15.7. The van der Waals surface area contributed by atoms with Gasteiger partial charge in [-0.3, -0.25) is 0 Å². The van der Waals surface area contributed by atoms with E-state index >= 15 is 0 Å². The summed E-state index contributed by atoms with van der Waals surface area (Å²) in [6.45, 7) is 2.65. The van der Waals surface area contributed by atoms with Crippen LogP contribution in [-0.2, 0) is 6.61 Å². The monoisotopic (exact) mass is 361 g/mol. The molecule has 6 heteroatoms. The summed E-state index contributed by atoms with van der Waals surface area (Å²) in [5.74, 6) is 3.05. The van der Waals surface area contributed by atoms with Gasteiger partial charge in [-0.1, -0.05) is 25.0 Å². The normalized spacial score (nSPS) is 14.9. The number of methoxy groups -OCH3 is 1. The van der Waals surface area contributed by atoms with E-state index in [9.17, 15) is 0 Å². The Hall–Kier alpha value is -2.01. The largest absolute Gasteiger partial charge is 0.497 e. The molecule has 0 saturated heterocycles. The lowest BCUT2D eigenvalue weighted by Gasteiger charge is -2.27. The van der Waals surface area contributed by atoms with Gasteiger partial charge >= 0.3 is 0 Å². The lowest BCUT2D eigenvalue weighted by Crippen LogP contribution is -2.30. The second kappa shape index (κ2) is 7.91. The molecule has 1 aromatic carbocycles. The summed E-state index contributed by atoms with van der Waals surface area (Å²) >= 11 is 6.02. The van der Waals surface area contributed by atoms with Gasteiger partial charge in [0, 0.05) is 13.1 Å². The van der Waals surface area contributed by atoms with E-state index in [4.69, 9.17) is 21.1 Å². The number of anilines is 1. The number of benzene rings is 1.